The molecule has 0 saturated carbocycles. The number of pyridine rings is 1. The van der Waals surface area contributed by atoms with Crippen molar-refractivity contribution in [3.63, 3.8) is 0 Å². The topological polar surface area (TPSA) is 51.5 Å². The van der Waals surface area contributed by atoms with Crippen molar-refractivity contribution < 1.29 is 9.53 Å². The number of nitrogens with zero attached hydrogens (tertiary/aromatic N) is 2. The zero-order valence-electron chi connectivity index (χ0n) is 18.8. The molecule has 0 bridgehead atoms. The number of amides is 1. The molecule has 1 heterocycles. The minimum absolute atomic E-state index is 0.139. The number of aryl methyl sites for hydroxylation is 2. The molecule has 0 fully saturated rings. The van der Waals surface area contributed by atoms with E-state index in [4.69, 9.17) is 4.74 Å². The molecule has 1 aromatic heterocycles. The molecule has 0 aliphatic carbocycles. The number of carbonyl (C=O) groups is 1. The van der Waals surface area contributed by atoms with E-state index >= 15 is 0 Å². The van der Waals surface area contributed by atoms with E-state index in [1.54, 1.807) is 36.4 Å². The Morgan fingerprint density at radius 2 is 1.66 bits per heavy atom. The van der Waals surface area contributed by atoms with Gasteiger partial charge in [-0.25, -0.2) is 0 Å². The lowest BCUT2D eigenvalue weighted by Gasteiger charge is -2.24. The molecule has 32 heavy (non-hydrogen) atoms. The molecule has 5 heteroatoms. The highest BCUT2D eigenvalue weighted by Crippen LogP contribution is 2.26. The third kappa shape index (κ3) is 3.78. The molecule has 1 amide bonds. The van der Waals surface area contributed by atoms with Crippen LogP contribution in [0.2, 0.25) is 0 Å². The molecule has 0 N–H and O–H groups in total. The molecule has 4 aromatic rings. The van der Waals surface area contributed by atoms with Gasteiger partial charge >= 0.3 is 0 Å². The summed E-state index contributed by atoms with van der Waals surface area (Å²) in [5.74, 6) is 0.561. The van der Waals surface area contributed by atoms with Gasteiger partial charge in [0.15, 0.2) is 0 Å². The van der Waals surface area contributed by atoms with Crippen molar-refractivity contribution in [2.45, 2.75) is 20.8 Å². The third-order valence-electron chi connectivity index (χ3n) is 5.72. The Kier molecular flexibility index (Phi) is 5.82. The first-order chi connectivity index (χ1) is 15.4. The van der Waals surface area contributed by atoms with Gasteiger partial charge in [-0.05, 0) is 68.3 Å². The van der Waals surface area contributed by atoms with Crippen LogP contribution in [0.4, 0.5) is 5.69 Å². The molecular formula is C27H26N2O3. The van der Waals surface area contributed by atoms with Gasteiger partial charge in [-0.2, -0.15) is 0 Å². The Morgan fingerprint density at radius 1 is 0.969 bits per heavy atom. The van der Waals surface area contributed by atoms with E-state index in [2.05, 4.69) is 0 Å². The maximum atomic E-state index is 13.8. The molecular weight excluding hydrogens is 400 g/mol. The van der Waals surface area contributed by atoms with Gasteiger partial charge in [-0.1, -0.05) is 30.3 Å². The average molecular weight is 427 g/mol. The van der Waals surface area contributed by atoms with E-state index in [1.807, 2.05) is 69.3 Å². The summed E-state index contributed by atoms with van der Waals surface area (Å²) in [6.45, 7) is 6.49. The number of rotatable bonds is 5. The van der Waals surface area contributed by atoms with Crippen LogP contribution in [0, 0.1) is 13.8 Å². The van der Waals surface area contributed by atoms with Crippen molar-refractivity contribution in [3.8, 4) is 11.4 Å². The first-order valence-electron chi connectivity index (χ1n) is 10.6. The molecule has 162 valence electrons. The molecule has 0 radical (unpaired) electrons. The number of aromatic nitrogens is 1. The Morgan fingerprint density at radius 3 is 2.31 bits per heavy atom. The van der Waals surface area contributed by atoms with Crippen LogP contribution in [-0.2, 0) is 0 Å². The van der Waals surface area contributed by atoms with Crippen LogP contribution in [0.3, 0.4) is 0 Å². The first-order valence-corrected chi connectivity index (χ1v) is 10.6. The number of hydrogen-bond donors (Lipinski definition) is 0. The lowest BCUT2D eigenvalue weighted by atomic mass is 10.0. The maximum Gasteiger partial charge on any atom is 0.262 e. The van der Waals surface area contributed by atoms with E-state index in [0.717, 1.165) is 16.8 Å². The minimum atomic E-state index is -0.169. The van der Waals surface area contributed by atoms with Crippen LogP contribution in [0.5, 0.6) is 5.75 Å². The lowest BCUT2D eigenvalue weighted by molar-refractivity contribution is 0.0989. The number of ether oxygens (including phenoxy) is 1. The molecule has 4 rings (SSSR count). The van der Waals surface area contributed by atoms with Gasteiger partial charge in [-0.3, -0.25) is 14.2 Å². The average Bonchev–Trinajstić information content (AvgIpc) is 2.82. The fourth-order valence-electron chi connectivity index (χ4n) is 3.98. The molecule has 0 saturated heterocycles. The number of fused-ring (bicyclic) bond motifs is 1. The van der Waals surface area contributed by atoms with Gasteiger partial charge in [0.2, 0.25) is 0 Å². The number of methoxy groups -OCH3 is 1. The van der Waals surface area contributed by atoms with Crippen molar-refractivity contribution in [2.24, 2.45) is 0 Å². The van der Waals surface area contributed by atoms with Crippen LogP contribution in [0.15, 0.2) is 77.7 Å². The van der Waals surface area contributed by atoms with Crippen molar-refractivity contribution >= 4 is 22.4 Å². The molecule has 0 spiro atoms. The highest BCUT2D eigenvalue weighted by atomic mass is 16.5. The monoisotopic (exact) mass is 426 g/mol. The minimum Gasteiger partial charge on any atom is -0.497 e. The summed E-state index contributed by atoms with van der Waals surface area (Å²) in [6, 6.07) is 20.6. The second-order valence-corrected chi connectivity index (χ2v) is 7.80. The van der Waals surface area contributed by atoms with E-state index in [1.165, 1.54) is 4.57 Å². The molecule has 0 aliphatic rings. The van der Waals surface area contributed by atoms with Gasteiger partial charge in [0.25, 0.3) is 11.5 Å². The molecule has 0 aliphatic heterocycles. The van der Waals surface area contributed by atoms with Gasteiger partial charge in [0.05, 0.1) is 12.7 Å². The molecule has 0 atom stereocenters. The molecule has 3 aromatic carbocycles. The highest BCUT2D eigenvalue weighted by molar-refractivity contribution is 6.14. The zero-order chi connectivity index (χ0) is 22.8. The second kappa shape index (κ2) is 8.71. The van der Waals surface area contributed by atoms with Gasteiger partial charge in [0, 0.05) is 34.9 Å². The standard InChI is InChI=1S/C27H26N2O3/c1-5-28(25-16-18(2)10-11-19(25)3)27(31)24-17-29(20-12-14-21(32-4)15-13-20)26(30)23-9-7-6-8-22(23)24/h6-17H,5H2,1-4H3. The maximum absolute atomic E-state index is 13.8. The van der Waals surface area contributed by atoms with Crippen LogP contribution in [0.1, 0.15) is 28.4 Å². The van der Waals surface area contributed by atoms with Crippen LogP contribution in [-0.4, -0.2) is 24.1 Å². The summed E-state index contributed by atoms with van der Waals surface area (Å²) in [5.41, 5.74) is 3.98. The van der Waals surface area contributed by atoms with Gasteiger partial charge in [0.1, 0.15) is 5.75 Å². The largest absolute Gasteiger partial charge is 0.497 e. The molecule has 0 unspecified atom stereocenters. The Labute approximate surface area is 187 Å². The van der Waals surface area contributed by atoms with Crippen molar-refractivity contribution in [1.82, 2.24) is 4.57 Å². The first kappa shape index (κ1) is 21.4. The van der Waals surface area contributed by atoms with E-state index in [-0.39, 0.29) is 11.5 Å². The normalized spacial score (nSPS) is 10.9. The van der Waals surface area contributed by atoms with Gasteiger partial charge in [-0.15, -0.1) is 0 Å². The summed E-state index contributed by atoms with van der Waals surface area (Å²) in [7, 11) is 1.60. The van der Waals surface area contributed by atoms with Crippen molar-refractivity contribution in [1.29, 1.82) is 0 Å². The van der Waals surface area contributed by atoms with Crippen LogP contribution >= 0.6 is 0 Å². The lowest BCUT2D eigenvalue weighted by Crippen LogP contribution is -2.33. The summed E-state index contributed by atoms with van der Waals surface area (Å²) >= 11 is 0. The Hall–Kier alpha value is -3.86. The van der Waals surface area contributed by atoms with E-state index in [9.17, 15) is 9.59 Å². The fourth-order valence-corrected chi connectivity index (χ4v) is 3.98. The predicted octanol–water partition coefficient (Wildman–Crippen LogP) is 5.28. The van der Waals surface area contributed by atoms with Crippen molar-refractivity contribution in [2.75, 3.05) is 18.6 Å². The quantitative estimate of drug-likeness (QED) is 0.436. The number of carbonyl (C=O) groups excluding carboxylic acids is 1. The predicted molar refractivity (Wildman–Crippen MR) is 129 cm³/mol. The number of anilines is 1. The number of hydrogen-bond acceptors (Lipinski definition) is 3. The molecule has 5 nitrogen and oxygen atoms in total. The Balaban J connectivity index is 1.92. The smallest absolute Gasteiger partial charge is 0.262 e. The van der Waals surface area contributed by atoms with Crippen LogP contribution in [0.25, 0.3) is 16.5 Å². The summed E-state index contributed by atoms with van der Waals surface area (Å²) in [5, 5.41) is 1.15. The SMILES string of the molecule is CCN(C(=O)c1cn(-c2ccc(OC)cc2)c(=O)c2ccccc12)c1cc(C)ccc1C. The van der Waals surface area contributed by atoms with E-state index in [0.29, 0.717) is 34.3 Å². The highest BCUT2D eigenvalue weighted by Gasteiger charge is 2.22. The van der Waals surface area contributed by atoms with E-state index < -0.39 is 0 Å². The summed E-state index contributed by atoms with van der Waals surface area (Å²) < 4.78 is 6.77. The number of benzene rings is 3. The third-order valence-corrected chi connectivity index (χ3v) is 5.72. The second-order valence-electron chi connectivity index (χ2n) is 7.80. The van der Waals surface area contributed by atoms with Crippen molar-refractivity contribution in [3.05, 3.63) is 100.0 Å². The summed E-state index contributed by atoms with van der Waals surface area (Å²) in [6.07, 6.45) is 1.66. The Bertz CT molecular complexity index is 1350. The zero-order valence-corrected chi connectivity index (χ0v) is 18.8. The van der Waals surface area contributed by atoms with Gasteiger partial charge < -0.3 is 9.64 Å². The van der Waals surface area contributed by atoms with Crippen LogP contribution < -0.4 is 15.2 Å². The summed E-state index contributed by atoms with van der Waals surface area (Å²) in [4.78, 5) is 28.9. The fraction of sp³-hybridized carbons (Fsp3) is 0.185.